The van der Waals surface area contributed by atoms with E-state index in [0.717, 1.165) is 47.7 Å². The van der Waals surface area contributed by atoms with Gasteiger partial charge in [0.15, 0.2) is 5.78 Å². The Bertz CT molecular complexity index is 1170. The summed E-state index contributed by atoms with van der Waals surface area (Å²) in [4.78, 5) is 25.1. The number of carbonyl (C=O) groups excluding carboxylic acids is 1. The number of hydrogen-bond donors (Lipinski definition) is 0. The van der Waals surface area contributed by atoms with Crippen LogP contribution in [0.3, 0.4) is 0 Å². The van der Waals surface area contributed by atoms with Crippen molar-refractivity contribution in [3.8, 4) is 11.1 Å². The maximum Gasteiger partial charge on any atom is 0.229 e. The Morgan fingerprint density at radius 1 is 0.969 bits per heavy atom. The number of carbonyl (C=O) groups is 1. The normalized spacial score (nSPS) is 25.2. The number of rotatable bonds is 4. The Morgan fingerprint density at radius 2 is 1.72 bits per heavy atom. The largest absolute Gasteiger partial charge is 0.309 e. The zero-order valence-corrected chi connectivity index (χ0v) is 18.8. The fraction of sp³-hybridized carbons (Fsp3) is 0.393. The van der Waals surface area contributed by atoms with Gasteiger partial charge in [-0.1, -0.05) is 56.3 Å². The first kappa shape index (κ1) is 19.7. The molecule has 1 unspecified atom stereocenters. The average Bonchev–Trinajstić information content (AvgIpc) is 3.43. The van der Waals surface area contributed by atoms with Gasteiger partial charge in [-0.15, -0.1) is 0 Å². The molecular formula is C28H29N3O. The van der Waals surface area contributed by atoms with E-state index in [1.54, 1.807) is 0 Å². The van der Waals surface area contributed by atoms with E-state index in [1.165, 1.54) is 18.4 Å². The third-order valence-electron chi connectivity index (χ3n) is 7.90. The number of nitrogens with zero attached hydrogens (tertiary/aromatic N) is 3. The molecular weight excluding hydrogens is 394 g/mol. The smallest absolute Gasteiger partial charge is 0.229 e. The van der Waals surface area contributed by atoms with Gasteiger partial charge in [-0.2, -0.15) is 0 Å². The molecule has 2 fully saturated rings. The predicted octanol–water partition coefficient (Wildman–Crippen LogP) is 6.19. The van der Waals surface area contributed by atoms with Crippen molar-refractivity contribution >= 4 is 17.4 Å². The minimum Gasteiger partial charge on any atom is -0.309 e. The molecule has 2 heterocycles. The van der Waals surface area contributed by atoms with Crippen molar-refractivity contribution in [3.05, 3.63) is 72.1 Å². The van der Waals surface area contributed by atoms with E-state index in [1.807, 2.05) is 30.6 Å². The Morgan fingerprint density at radius 3 is 2.38 bits per heavy atom. The zero-order valence-electron chi connectivity index (χ0n) is 18.8. The summed E-state index contributed by atoms with van der Waals surface area (Å²) in [6, 6.07) is 16.6. The van der Waals surface area contributed by atoms with Crippen LogP contribution in [0, 0.1) is 17.8 Å². The fourth-order valence-electron chi connectivity index (χ4n) is 5.97. The molecule has 32 heavy (non-hydrogen) atoms. The van der Waals surface area contributed by atoms with Crippen molar-refractivity contribution in [3.63, 3.8) is 0 Å². The number of aromatic nitrogens is 2. The van der Waals surface area contributed by atoms with Crippen LogP contribution in [-0.4, -0.2) is 22.3 Å². The molecule has 0 amide bonds. The molecule has 3 aliphatic rings. The molecule has 0 N–H and O–H groups in total. The van der Waals surface area contributed by atoms with Gasteiger partial charge < -0.3 is 4.90 Å². The minimum atomic E-state index is 0.147. The molecule has 2 saturated carbocycles. The van der Waals surface area contributed by atoms with Crippen molar-refractivity contribution in [2.45, 2.75) is 44.9 Å². The van der Waals surface area contributed by atoms with Gasteiger partial charge in [-0.25, -0.2) is 9.97 Å². The summed E-state index contributed by atoms with van der Waals surface area (Å²) in [5.74, 6) is 2.28. The van der Waals surface area contributed by atoms with Crippen LogP contribution < -0.4 is 4.90 Å². The molecule has 3 aromatic rings. The third kappa shape index (κ3) is 3.16. The van der Waals surface area contributed by atoms with E-state index in [9.17, 15) is 4.79 Å². The van der Waals surface area contributed by atoms with Gasteiger partial charge >= 0.3 is 0 Å². The number of benzene rings is 2. The topological polar surface area (TPSA) is 46.1 Å². The maximum atomic E-state index is 13.4. The molecule has 162 valence electrons. The Kier molecular flexibility index (Phi) is 4.46. The van der Waals surface area contributed by atoms with E-state index in [2.05, 4.69) is 49.1 Å². The summed E-state index contributed by atoms with van der Waals surface area (Å²) < 4.78 is 0. The van der Waals surface area contributed by atoms with Crippen LogP contribution in [0.25, 0.3) is 11.1 Å². The fourth-order valence-corrected chi connectivity index (χ4v) is 5.97. The second kappa shape index (κ2) is 7.26. The summed E-state index contributed by atoms with van der Waals surface area (Å²) >= 11 is 0. The van der Waals surface area contributed by atoms with Crippen LogP contribution in [0.5, 0.6) is 0 Å². The molecule has 4 nitrogen and oxygen atoms in total. The number of ketones is 1. The lowest BCUT2D eigenvalue weighted by atomic mass is 9.88. The second-order valence-corrected chi connectivity index (χ2v) is 10.3. The summed E-state index contributed by atoms with van der Waals surface area (Å²) in [5, 5.41) is 0. The van der Waals surface area contributed by atoms with Gasteiger partial charge in [-0.05, 0) is 54.7 Å². The highest BCUT2D eigenvalue weighted by Crippen LogP contribution is 2.58. The molecule has 0 radical (unpaired) electrons. The van der Waals surface area contributed by atoms with E-state index in [4.69, 9.17) is 9.97 Å². The quantitative estimate of drug-likeness (QED) is 0.469. The molecule has 2 aliphatic carbocycles. The van der Waals surface area contributed by atoms with Crippen LogP contribution in [0.1, 0.15) is 55.5 Å². The van der Waals surface area contributed by atoms with Crippen LogP contribution >= 0.6 is 0 Å². The lowest BCUT2D eigenvalue weighted by molar-refractivity contribution is 0.0895. The highest BCUT2D eigenvalue weighted by atomic mass is 16.1. The highest BCUT2D eigenvalue weighted by Gasteiger charge is 2.52. The van der Waals surface area contributed by atoms with Crippen molar-refractivity contribution in [2.75, 3.05) is 11.4 Å². The van der Waals surface area contributed by atoms with Crippen molar-refractivity contribution < 1.29 is 4.79 Å². The molecule has 3 atom stereocenters. The van der Waals surface area contributed by atoms with Gasteiger partial charge in [-0.3, -0.25) is 4.79 Å². The number of anilines is 2. The van der Waals surface area contributed by atoms with Crippen molar-refractivity contribution in [1.29, 1.82) is 0 Å². The predicted molar refractivity (Wildman–Crippen MR) is 127 cm³/mol. The molecule has 0 bridgehead atoms. The minimum absolute atomic E-state index is 0.147. The standard InChI is InChI=1S/C28H29N3O/c1-18-12-19(2)23(13-18)26(32)21-8-9-24-25(14-21)31(17-28(24)10-11-28)27-29-15-22(16-30-27)20-6-4-3-5-7-20/h3-9,14-16,18-19,23H,10-13,17H2,1-2H3/t18-,19+,23?/m1/s1. The van der Waals surface area contributed by atoms with Crippen LogP contribution in [-0.2, 0) is 5.41 Å². The highest BCUT2D eigenvalue weighted by molar-refractivity contribution is 5.99. The first-order valence-electron chi connectivity index (χ1n) is 11.9. The van der Waals surface area contributed by atoms with Gasteiger partial charge in [0.1, 0.15) is 0 Å². The molecule has 6 rings (SSSR count). The molecule has 4 heteroatoms. The summed E-state index contributed by atoms with van der Waals surface area (Å²) in [7, 11) is 0. The lowest BCUT2D eigenvalue weighted by Gasteiger charge is -2.19. The Balaban J connectivity index is 1.33. The third-order valence-corrected chi connectivity index (χ3v) is 7.90. The van der Waals surface area contributed by atoms with Gasteiger partial charge in [0, 0.05) is 47.1 Å². The van der Waals surface area contributed by atoms with Gasteiger partial charge in [0.2, 0.25) is 5.95 Å². The molecule has 1 spiro atoms. The molecule has 0 saturated heterocycles. The summed E-state index contributed by atoms with van der Waals surface area (Å²) in [6.07, 6.45) is 8.37. The number of Topliss-reactive ketones (excluding diaryl/α,β-unsaturated/α-hetero) is 1. The first-order chi connectivity index (χ1) is 15.5. The zero-order chi connectivity index (χ0) is 21.9. The second-order valence-electron chi connectivity index (χ2n) is 10.3. The molecule has 1 aliphatic heterocycles. The van der Waals surface area contributed by atoms with E-state index >= 15 is 0 Å². The van der Waals surface area contributed by atoms with Crippen LogP contribution in [0.2, 0.25) is 0 Å². The summed E-state index contributed by atoms with van der Waals surface area (Å²) in [6.45, 7) is 5.40. The molecule has 1 aromatic heterocycles. The monoisotopic (exact) mass is 423 g/mol. The molecule has 2 aromatic carbocycles. The van der Waals surface area contributed by atoms with E-state index in [0.29, 0.717) is 17.6 Å². The van der Waals surface area contributed by atoms with E-state index < -0.39 is 0 Å². The van der Waals surface area contributed by atoms with Crippen molar-refractivity contribution in [2.24, 2.45) is 17.8 Å². The van der Waals surface area contributed by atoms with E-state index in [-0.39, 0.29) is 11.3 Å². The van der Waals surface area contributed by atoms with Gasteiger partial charge in [0.25, 0.3) is 0 Å². The summed E-state index contributed by atoms with van der Waals surface area (Å²) in [5.41, 5.74) is 5.68. The Hall–Kier alpha value is -3.01. The number of fused-ring (bicyclic) bond motifs is 2. The average molecular weight is 424 g/mol. The van der Waals surface area contributed by atoms with Gasteiger partial charge in [0.05, 0.1) is 0 Å². The maximum absolute atomic E-state index is 13.4. The first-order valence-corrected chi connectivity index (χ1v) is 11.9. The number of hydrogen-bond acceptors (Lipinski definition) is 4. The van der Waals surface area contributed by atoms with Crippen LogP contribution in [0.15, 0.2) is 60.9 Å². The van der Waals surface area contributed by atoms with Crippen LogP contribution in [0.4, 0.5) is 11.6 Å². The SMILES string of the molecule is C[C@H]1CC(C(=O)c2ccc3c(c2)N(c2ncc(-c4ccccc4)cn2)CC32CC2)[C@@H](C)C1. The lowest BCUT2D eigenvalue weighted by Crippen LogP contribution is -2.21. The van der Waals surface area contributed by atoms with Crippen molar-refractivity contribution in [1.82, 2.24) is 9.97 Å². The Labute approximate surface area is 189 Å².